The highest BCUT2D eigenvalue weighted by Crippen LogP contribution is 1.99. The molecule has 0 saturated carbocycles. The first-order valence-electron chi connectivity index (χ1n) is 5.75. The van der Waals surface area contributed by atoms with Gasteiger partial charge < -0.3 is 5.11 Å². The summed E-state index contributed by atoms with van der Waals surface area (Å²) in [5.74, 6) is -1.00. The maximum atomic E-state index is 11.8. The lowest BCUT2D eigenvalue weighted by Crippen LogP contribution is -2.38. The topological polar surface area (TPSA) is 112 Å². The first-order valence-corrected chi connectivity index (χ1v) is 5.75. The monoisotopic (exact) mass is 279 g/mol. The number of hydrogen-bond acceptors (Lipinski definition) is 5. The molecule has 0 aliphatic carbocycles. The third-order valence-electron chi connectivity index (χ3n) is 2.87. The molecule has 106 valence electrons. The Morgan fingerprint density at radius 2 is 2.00 bits per heavy atom. The molecule has 0 unspecified atom stereocenters. The first-order chi connectivity index (χ1) is 9.38. The molecule has 0 bridgehead atoms. The van der Waals surface area contributed by atoms with Crippen LogP contribution in [0.15, 0.2) is 21.9 Å². The van der Waals surface area contributed by atoms with Gasteiger partial charge in [0.05, 0.1) is 18.7 Å². The third-order valence-corrected chi connectivity index (χ3v) is 2.87. The fraction of sp³-hybridized carbons (Fsp3) is 0.364. The molecule has 0 aliphatic rings. The van der Waals surface area contributed by atoms with Crippen molar-refractivity contribution in [2.45, 2.75) is 13.0 Å². The van der Waals surface area contributed by atoms with Crippen LogP contribution in [0, 0.1) is 0 Å². The summed E-state index contributed by atoms with van der Waals surface area (Å²) in [6, 6.07) is 1.33. The van der Waals surface area contributed by atoms with Gasteiger partial charge in [0.15, 0.2) is 0 Å². The summed E-state index contributed by atoms with van der Waals surface area (Å²) in [4.78, 5) is 33.9. The maximum Gasteiger partial charge on any atom is 0.330 e. The van der Waals surface area contributed by atoms with Gasteiger partial charge >= 0.3 is 11.7 Å². The van der Waals surface area contributed by atoms with Crippen LogP contribution in [0.2, 0.25) is 0 Å². The zero-order valence-electron chi connectivity index (χ0n) is 11.0. The largest absolute Gasteiger partial charge is 0.481 e. The summed E-state index contributed by atoms with van der Waals surface area (Å²) < 4.78 is 3.72. The lowest BCUT2D eigenvalue weighted by Gasteiger charge is -2.08. The van der Waals surface area contributed by atoms with Gasteiger partial charge in [-0.3, -0.25) is 18.7 Å². The van der Waals surface area contributed by atoms with Crippen molar-refractivity contribution in [3.63, 3.8) is 0 Å². The van der Waals surface area contributed by atoms with Gasteiger partial charge in [-0.25, -0.2) is 9.48 Å². The van der Waals surface area contributed by atoms with E-state index in [0.717, 1.165) is 4.57 Å². The van der Waals surface area contributed by atoms with Crippen molar-refractivity contribution in [3.8, 4) is 0 Å². The van der Waals surface area contributed by atoms with Gasteiger partial charge in [0, 0.05) is 32.1 Å². The van der Waals surface area contributed by atoms with E-state index in [2.05, 4.69) is 10.3 Å². The van der Waals surface area contributed by atoms with Gasteiger partial charge in [0.1, 0.15) is 0 Å². The van der Waals surface area contributed by atoms with Crippen molar-refractivity contribution in [1.29, 1.82) is 0 Å². The predicted molar refractivity (Wildman–Crippen MR) is 67.4 cm³/mol. The van der Waals surface area contributed by atoms with Crippen LogP contribution in [-0.2, 0) is 31.9 Å². The van der Waals surface area contributed by atoms with Crippen LogP contribution in [0.3, 0.4) is 0 Å². The zero-order valence-corrected chi connectivity index (χ0v) is 11.0. The van der Waals surface area contributed by atoms with Gasteiger partial charge in [0.25, 0.3) is 5.56 Å². The van der Waals surface area contributed by atoms with E-state index in [-0.39, 0.29) is 13.0 Å². The molecular formula is C11H13N5O4. The summed E-state index contributed by atoms with van der Waals surface area (Å²) in [5, 5.41) is 16.1. The highest BCUT2D eigenvalue weighted by Gasteiger charge is 2.09. The Balaban J connectivity index is 2.31. The molecule has 9 heteroatoms. The average molecular weight is 279 g/mol. The molecule has 2 aromatic heterocycles. The van der Waals surface area contributed by atoms with Crippen molar-refractivity contribution < 1.29 is 9.90 Å². The number of nitrogens with zero attached hydrogens (tertiary/aromatic N) is 5. The second-order valence-corrected chi connectivity index (χ2v) is 4.35. The number of carbonyl (C=O) groups is 1. The van der Waals surface area contributed by atoms with Crippen LogP contribution in [0.1, 0.15) is 11.4 Å². The molecule has 0 fully saturated rings. The highest BCUT2D eigenvalue weighted by molar-refractivity contribution is 5.69. The van der Waals surface area contributed by atoms with Gasteiger partial charge in [-0.15, -0.1) is 5.10 Å². The minimum Gasteiger partial charge on any atom is -0.481 e. The zero-order chi connectivity index (χ0) is 14.9. The van der Waals surface area contributed by atoms with E-state index in [1.807, 2.05) is 0 Å². The van der Waals surface area contributed by atoms with E-state index in [0.29, 0.717) is 11.4 Å². The molecule has 20 heavy (non-hydrogen) atoms. The SMILES string of the molecule is Cn1c(Cn2cc(CC(=O)O)nn2)cc(=O)n(C)c1=O. The Labute approximate surface area is 112 Å². The number of carboxylic acid groups (broad SMARTS) is 1. The maximum absolute atomic E-state index is 11.8. The van der Waals surface area contributed by atoms with Crippen LogP contribution in [-0.4, -0.2) is 35.2 Å². The van der Waals surface area contributed by atoms with Gasteiger partial charge in [0.2, 0.25) is 0 Å². The Bertz CT molecular complexity index is 770. The number of hydrogen-bond donors (Lipinski definition) is 1. The quantitative estimate of drug-likeness (QED) is 0.717. The van der Waals surface area contributed by atoms with Crippen LogP contribution >= 0.6 is 0 Å². The van der Waals surface area contributed by atoms with E-state index in [4.69, 9.17) is 5.11 Å². The van der Waals surface area contributed by atoms with Crippen molar-refractivity contribution in [2.75, 3.05) is 0 Å². The summed E-state index contributed by atoms with van der Waals surface area (Å²) in [7, 11) is 2.95. The molecule has 0 aliphatic heterocycles. The van der Waals surface area contributed by atoms with E-state index in [9.17, 15) is 14.4 Å². The first kappa shape index (κ1) is 13.7. The molecule has 0 radical (unpaired) electrons. The lowest BCUT2D eigenvalue weighted by molar-refractivity contribution is -0.136. The number of carboxylic acids is 1. The molecule has 2 aromatic rings. The van der Waals surface area contributed by atoms with Gasteiger partial charge in [-0.2, -0.15) is 0 Å². The normalized spacial score (nSPS) is 10.7. The second kappa shape index (κ2) is 5.11. The average Bonchev–Trinajstić information content (AvgIpc) is 2.80. The van der Waals surface area contributed by atoms with Gasteiger partial charge in [-0.1, -0.05) is 5.21 Å². The van der Waals surface area contributed by atoms with Crippen molar-refractivity contribution in [1.82, 2.24) is 24.1 Å². The van der Waals surface area contributed by atoms with E-state index < -0.39 is 17.2 Å². The third kappa shape index (κ3) is 2.66. The number of aromatic nitrogens is 5. The smallest absolute Gasteiger partial charge is 0.330 e. The van der Waals surface area contributed by atoms with Gasteiger partial charge in [-0.05, 0) is 0 Å². The minimum atomic E-state index is -1.00. The Morgan fingerprint density at radius 3 is 2.65 bits per heavy atom. The molecule has 9 nitrogen and oxygen atoms in total. The Hall–Kier alpha value is -2.71. The fourth-order valence-electron chi connectivity index (χ4n) is 1.75. The van der Waals surface area contributed by atoms with Crippen LogP contribution < -0.4 is 11.2 Å². The van der Waals surface area contributed by atoms with Crippen LogP contribution in [0.5, 0.6) is 0 Å². The van der Waals surface area contributed by atoms with Crippen LogP contribution in [0.4, 0.5) is 0 Å². The highest BCUT2D eigenvalue weighted by atomic mass is 16.4. The molecule has 0 spiro atoms. The predicted octanol–water partition coefficient (Wildman–Crippen LogP) is -1.65. The molecule has 0 amide bonds. The second-order valence-electron chi connectivity index (χ2n) is 4.35. The summed E-state index contributed by atoms with van der Waals surface area (Å²) >= 11 is 0. The summed E-state index contributed by atoms with van der Waals surface area (Å²) in [5.41, 5.74) is -0.0661. The van der Waals surface area contributed by atoms with Crippen LogP contribution in [0.25, 0.3) is 0 Å². The Morgan fingerprint density at radius 1 is 1.30 bits per heavy atom. The standard InChI is InChI=1S/C11H13N5O4/c1-14-8(4-9(17)15(2)11(14)20)6-16-5-7(12-13-16)3-10(18)19/h4-5H,3,6H2,1-2H3,(H,18,19). The minimum absolute atomic E-state index is 0.161. The summed E-state index contributed by atoms with van der Waals surface area (Å²) in [6.07, 6.45) is 1.24. The number of rotatable bonds is 4. The molecule has 2 rings (SSSR count). The molecule has 0 aromatic carbocycles. The fourth-order valence-corrected chi connectivity index (χ4v) is 1.75. The van der Waals surface area contributed by atoms with E-state index in [1.54, 1.807) is 7.05 Å². The molecular weight excluding hydrogens is 266 g/mol. The lowest BCUT2D eigenvalue weighted by atomic mass is 10.3. The van der Waals surface area contributed by atoms with Crippen molar-refractivity contribution >= 4 is 5.97 Å². The molecule has 1 N–H and O–H groups in total. The van der Waals surface area contributed by atoms with E-state index in [1.165, 1.54) is 28.6 Å². The summed E-state index contributed by atoms with van der Waals surface area (Å²) in [6.45, 7) is 0.161. The molecule has 0 saturated heterocycles. The van der Waals surface area contributed by atoms with Crippen molar-refractivity contribution in [3.05, 3.63) is 44.5 Å². The Kier molecular flexibility index (Phi) is 3.51. The number of aliphatic carboxylic acids is 1. The van der Waals surface area contributed by atoms with Crippen molar-refractivity contribution in [2.24, 2.45) is 14.1 Å². The van der Waals surface area contributed by atoms with E-state index >= 15 is 0 Å². The molecule has 0 atom stereocenters. The molecule has 2 heterocycles.